The van der Waals surface area contributed by atoms with Crippen LogP contribution in [0.15, 0.2) is 48.5 Å². The first kappa shape index (κ1) is 19.4. The van der Waals surface area contributed by atoms with Crippen molar-refractivity contribution >= 4 is 11.8 Å². The molecule has 1 unspecified atom stereocenters. The summed E-state index contributed by atoms with van der Waals surface area (Å²) in [5.74, 6) is -0.511. The zero-order chi connectivity index (χ0) is 19.1. The molecule has 0 radical (unpaired) electrons. The minimum absolute atomic E-state index is 0.107. The van der Waals surface area contributed by atoms with Crippen LogP contribution >= 0.6 is 0 Å². The zero-order valence-corrected chi connectivity index (χ0v) is 15.1. The molecule has 26 heavy (non-hydrogen) atoms. The van der Waals surface area contributed by atoms with E-state index in [2.05, 4.69) is 10.6 Å². The molecule has 2 aromatic rings. The van der Waals surface area contributed by atoms with Crippen molar-refractivity contribution in [3.05, 3.63) is 65.5 Å². The fraction of sp³-hybridized carbons (Fsp3) is 0.300. The van der Waals surface area contributed by atoms with E-state index in [1.807, 2.05) is 38.1 Å². The van der Waals surface area contributed by atoms with Crippen LogP contribution < -0.4 is 15.4 Å². The molecule has 138 valence electrons. The molecule has 0 saturated heterocycles. The normalized spacial score (nSPS) is 11.7. The summed E-state index contributed by atoms with van der Waals surface area (Å²) in [7, 11) is 1.58. The predicted octanol–water partition coefficient (Wildman–Crippen LogP) is 2.91. The van der Waals surface area contributed by atoms with E-state index in [4.69, 9.17) is 4.74 Å². The van der Waals surface area contributed by atoms with Crippen molar-refractivity contribution in [2.45, 2.75) is 26.4 Å². The van der Waals surface area contributed by atoms with Gasteiger partial charge in [0.2, 0.25) is 5.91 Å². The molecule has 0 aliphatic heterocycles. The number of nitrogens with one attached hydrogen (secondary N) is 2. The largest absolute Gasteiger partial charge is 0.497 e. The molecular formula is C20H23FN2O3. The Bertz CT molecular complexity index is 760. The molecule has 1 atom stereocenters. The van der Waals surface area contributed by atoms with E-state index in [0.29, 0.717) is 17.9 Å². The van der Waals surface area contributed by atoms with E-state index in [9.17, 15) is 14.0 Å². The Labute approximate surface area is 152 Å². The number of amides is 2. The standard InChI is InChI=1S/C20H23FN2O3/c1-13(2)18(23-19(24)15-7-9-16(21)10-8-15)20(25)22-12-14-5-4-6-17(11-14)26-3/h4-11,13,18H,12H2,1-3H3,(H,22,25)(H,23,24). The lowest BCUT2D eigenvalue weighted by molar-refractivity contribution is -0.124. The van der Waals surface area contributed by atoms with Gasteiger partial charge in [-0.3, -0.25) is 9.59 Å². The van der Waals surface area contributed by atoms with Gasteiger partial charge in [0.15, 0.2) is 0 Å². The first-order valence-corrected chi connectivity index (χ1v) is 8.37. The van der Waals surface area contributed by atoms with Gasteiger partial charge in [-0.1, -0.05) is 26.0 Å². The number of benzene rings is 2. The number of rotatable bonds is 7. The van der Waals surface area contributed by atoms with Crippen molar-refractivity contribution in [3.63, 3.8) is 0 Å². The summed E-state index contributed by atoms with van der Waals surface area (Å²) < 4.78 is 18.1. The molecule has 6 heteroatoms. The van der Waals surface area contributed by atoms with E-state index in [0.717, 1.165) is 5.56 Å². The number of hydrogen-bond donors (Lipinski definition) is 2. The highest BCUT2D eigenvalue weighted by molar-refractivity contribution is 5.97. The van der Waals surface area contributed by atoms with Crippen molar-refractivity contribution in [3.8, 4) is 5.75 Å². The maximum absolute atomic E-state index is 13.0. The van der Waals surface area contributed by atoms with Gasteiger partial charge in [0.05, 0.1) is 7.11 Å². The van der Waals surface area contributed by atoms with Crippen molar-refractivity contribution in [1.29, 1.82) is 0 Å². The van der Waals surface area contributed by atoms with Crippen molar-refractivity contribution in [2.75, 3.05) is 7.11 Å². The van der Waals surface area contributed by atoms with Gasteiger partial charge < -0.3 is 15.4 Å². The average molecular weight is 358 g/mol. The van der Waals surface area contributed by atoms with Crippen molar-refractivity contribution in [2.24, 2.45) is 5.92 Å². The lowest BCUT2D eigenvalue weighted by Gasteiger charge is -2.22. The predicted molar refractivity (Wildman–Crippen MR) is 97.3 cm³/mol. The molecule has 0 spiro atoms. The summed E-state index contributed by atoms with van der Waals surface area (Å²) in [5, 5.41) is 5.54. The SMILES string of the molecule is COc1cccc(CNC(=O)C(NC(=O)c2ccc(F)cc2)C(C)C)c1. The number of methoxy groups -OCH3 is 1. The molecule has 0 bridgehead atoms. The molecule has 2 N–H and O–H groups in total. The average Bonchev–Trinajstić information content (AvgIpc) is 2.64. The highest BCUT2D eigenvalue weighted by Crippen LogP contribution is 2.12. The molecule has 0 aliphatic rings. The van der Waals surface area contributed by atoms with Gasteiger partial charge in [-0.05, 0) is 47.9 Å². The molecule has 0 saturated carbocycles. The Balaban J connectivity index is 2.00. The third kappa shape index (κ3) is 5.31. The minimum atomic E-state index is -0.696. The summed E-state index contributed by atoms with van der Waals surface area (Å²) in [6.45, 7) is 4.02. The van der Waals surface area contributed by atoms with Gasteiger partial charge in [-0.15, -0.1) is 0 Å². The van der Waals surface area contributed by atoms with E-state index < -0.39 is 17.8 Å². The van der Waals surface area contributed by atoms with Crippen LogP contribution in [0.5, 0.6) is 5.75 Å². The molecule has 2 aromatic carbocycles. The molecular weight excluding hydrogens is 335 g/mol. The number of ether oxygens (including phenoxy) is 1. The first-order chi connectivity index (χ1) is 12.4. The number of hydrogen-bond acceptors (Lipinski definition) is 3. The van der Waals surface area contributed by atoms with Gasteiger partial charge in [0.25, 0.3) is 5.91 Å². The molecule has 0 aliphatic carbocycles. The zero-order valence-electron chi connectivity index (χ0n) is 15.1. The molecule has 0 heterocycles. The fourth-order valence-corrected chi connectivity index (χ4v) is 2.44. The maximum atomic E-state index is 13.0. The second-order valence-electron chi connectivity index (χ2n) is 6.27. The van der Waals surface area contributed by atoms with Gasteiger partial charge in [-0.2, -0.15) is 0 Å². The summed E-state index contributed by atoms with van der Waals surface area (Å²) in [6.07, 6.45) is 0. The van der Waals surface area contributed by atoms with Crippen LogP contribution in [0, 0.1) is 11.7 Å². The Morgan fingerprint density at radius 1 is 1.12 bits per heavy atom. The van der Waals surface area contributed by atoms with Crippen LogP contribution in [0.3, 0.4) is 0 Å². The van der Waals surface area contributed by atoms with Crippen LogP contribution in [0.4, 0.5) is 4.39 Å². The topological polar surface area (TPSA) is 67.4 Å². The molecule has 2 amide bonds. The highest BCUT2D eigenvalue weighted by Gasteiger charge is 2.24. The van der Waals surface area contributed by atoms with E-state index in [-0.39, 0.29) is 11.8 Å². The third-order valence-electron chi connectivity index (χ3n) is 3.94. The Morgan fingerprint density at radius 2 is 1.81 bits per heavy atom. The van der Waals surface area contributed by atoms with Gasteiger partial charge in [0, 0.05) is 12.1 Å². The lowest BCUT2D eigenvalue weighted by Crippen LogP contribution is -2.49. The third-order valence-corrected chi connectivity index (χ3v) is 3.94. The number of carbonyl (C=O) groups is 2. The quantitative estimate of drug-likeness (QED) is 0.800. The van der Waals surface area contributed by atoms with Gasteiger partial charge in [0.1, 0.15) is 17.6 Å². The number of carbonyl (C=O) groups excluding carboxylic acids is 2. The summed E-state index contributed by atoms with van der Waals surface area (Å²) in [4.78, 5) is 24.8. The van der Waals surface area contributed by atoms with Crippen LogP contribution in [0.1, 0.15) is 29.8 Å². The van der Waals surface area contributed by atoms with Crippen LogP contribution in [0.25, 0.3) is 0 Å². The summed E-state index contributed by atoms with van der Waals surface area (Å²) >= 11 is 0. The monoisotopic (exact) mass is 358 g/mol. The highest BCUT2D eigenvalue weighted by atomic mass is 19.1. The molecule has 5 nitrogen and oxygen atoms in total. The molecule has 0 aromatic heterocycles. The minimum Gasteiger partial charge on any atom is -0.497 e. The smallest absolute Gasteiger partial charge is 0.251 e. The molecule has 2 rings (SSSR count). The Hall–Kier alpha value is -2.89. The Kier molecular flexibility index (Phi) is 6.72. The number of halogens is 1. The van der Waals surface area contributed by atoms with Crippen LogP contribution in [-0.4, -0.2) is 25.0 Å². The summed E-state index contributed by atoms with van der Waals surface area (Å²) in [6, 6.07) is 11.9. The van der Waals surface area contributed by atoms with Crippen LogP contribution in [0.2, 0.25) is 0 Å². The Morgan fingerprint density at radius 3 is 2.42 bits per heavy atom. The lowest BCUT2D eigenvalue weighted by atomic mass is 10.0. The van der Waals surface area contributed by atoms with Crippen molar-refractivity contribution in [1.82, 2.24) is 10.6 Å². The van der Waals surface area contributed by atoms with Crippen molar-refractivity contribution < 1.29 is 18.7 Å². The van der Waals surface area contributed by atoms with Gasteiger partial charge in [-0.25, -0.2) is 4.39 Å². The van der Waals surface area contributed by atoms with Gasteiger partial charge >= 0.3 is 0 Å². The van der Waals surface area contributed by atoms with E-state index >= 15 is 0 Å². The second kappa shape index (κ2) is 8.99. The maximum Gasteiger partial charge on any atom is 0.251 e. The van der Waals surface area contributed by atoms with Crippen LogP contribution in [-0.2, 0) is 11.3 Å². The van der Waals surface area contributed by atoms with E-state index in [1.165, 1.54) is 24.3 Å². The fourth-order valence-electron chi connectivity index (χ4n) is 2.44. The van der Waals surface area contributed by atoms with E-state index in [1.54, 1.807) is 7.11 Å². The molecule has 0 fully saturated rings. The first-order valence-electron chi connectivity index (χ1n) is 8.37. The summed E-state index contributed by atoms with van der Waals surface area (Å²) in [5.41, 5.74) is 1.20. The second-order valence-corrected chi connectivity index (χ2v) is 6.27.